The zero-order valence-corrected chi connectivity index (χ0v) is 16.7. The van der Waals surface area contributed by atoms with Crippen molar-refractivity contribution < 1.29 is 9.59 Å². The molecule has 1 amide bonds. The van der Waals surface area contributed by atoms with Crippen LogP contribution in [0.3, 0.4) is 0 Å². The monoisotopic (exact) mass is 419 g/mol. The van der Waals surface area contributed by atoms with Gasteiger partial charge in [-0.1, -0.05) is 41.9 Å². The van der Waals surface area contributed by atoms with Crippen LogP contribution < -0.4 is 11.2 Å². The van der Waals surface area contributed by atoms with Crippen LogP contribution in [0.2, 0.25) is 5.15 Å². The summed E-state index contributed by atoms with van der Waals surface area (Å²) in [6.07, 6.45) is 3.04. The number of benzene rings is 1. The van der Waals surface area contributed by atoms with Gasteiger partial charge in [0.15, 0.2) is 5.78 Å². The Hall–Kier alpha value is -3.63. The highest BCUT2D eigenvalue weighted by Crippen LogP contribution is 2.43. The number of nitrogens with zero attached hydrogens (tertiary/aromatic N) is 3. The largest absolute Gasteiger partial charge is 0.383 e. The summed E-state index contributed by atoms with van der Waals surface area (Å²) >= 11 is 6.04. The number of nitrogens with two attached hydrogens (primary N) is 1. The van der Waals surface area contributed by atoms with Crippen LogP contribution in [0.1, 0.15) is 41.1 Å². The van der Waals surface area contributed by atoms with Gasteiger partial charge in [0.1, 0.15) is 11.0 Å². The van der Waals surface area contributed by atoms with Crippen molar-refractivity contribution in [3.8, 4) is 6.07 Å². The third-order valence-electron chi connectivity index (χ3n) is 5.26. The Morgan fingerprint density at radius 1 is 1.23 bits per heavy atom. The number of aromatic nitrogens is 1. The molecule has 0 bridgehead atoms. The number of carbonyl (C=O) groups is 2. The molecule has 0 saturated heterocycles. The number of nitriles is 1. The van der Waals surface area contributed by atoms with Gasteiger partial charge in [0.05, 0.1) is 23.1 Å². The topological polar surface area (TPSA) is 112 Å². The summed E-state index contributed by atoms with van der Waals surface area (Å²) in [5.74, 6) is -1.05. The highest BCUT2D eigenvalue weighted by atomic mass is 35.5. The lowest BCUT2D eigenvalue weighted by Crippen LogP contribution is -2.48. The van der Waals surface area contributed by atoms with Crippen molar-refractivity contribution in [2.24, 2.45) is 5.73 Å². The number of hydrogen-bond donors (Lipinski definition) is 2. The molecule has 2 aromatic rings. The van der Waals surface area contributed by atoms with E-state index in [4.69, 9.17) is 17.3 Å². The Kier molecular flexibility index (Phi) is 5.25. The van der Waals surface area contributed by atoms with Crippen LogP contribution in [0.5, 0.6) is 0 Å². The molecule has 0 fully saturated rings. The first kappa shape index (κ1) is 19.7. The molecule has 30 heavy (non-hydrogen) atoms. The number of halogens is 1. The smallest absolute Gasteiger partial charge is 0.273 e. The van der Waals surface area contributed by atoms with Crippen LogP contribution in [0.25, 0.3) is 0 Å². The molecule has 1 aliphatic carbocycles. The molecule has 0 radical (unpaired) electrons. The first-order valence-electron chi connectivity index (χ1n) is 9.45. The zero-order chi connectivity index (χ0) is 21.3. The average Bonchev–Trinajstić information content (AvgIpc) is 2.76. The quantitative estimate of drug-likeness (QED) is 0.739. The standard InChI is InChI=1S/C22H18ClN5O2/c23-20-14(8-5-11-26-20)22(30)27-28-16-9-4-10-17(29)19(16)18(15(12-24)21(28)25)13-6-2-1-3-7-13/h1-3,5-8,11,18H,4,9-10,25H2,(H,27,30). The minimum absolute atomic E-state index is 0.0474. The van der Waals surface area contributed by atoms with E-state index < -0.39 is 11.8 Å². The Morgan fingerprint density at radius 3 is 2.70 bits per heavy atom. The molecular weight excluding hydrogens is 402 g/mol. The number of rotatable bonds is 3. The Morgan fingerprint density at radius 2 is 2.00 bits per heavy atom. The van der Waals surface area contributed by atoms with E-state index >= 15 is 0 Å². The number of allylic oxidation sites excluding steroid dienone is 3. The van der Waals surface area contributed by atoms with Crippen LogP contribution in [-0.2, 0) is 4.79 Å². The second-order valence-electron chi connectivity index (χ2n) is 7.01. The molecule has 8 heteroatoms. The Bertz CT molecular complexity index is 1130. The molecule has 2 aliphatic rings. The molecule has 150 valence electrons. The predicted molar refractivity (Wildman–Crippen MR) is 110 cm³/mol. The van der Waals surface area contributed by atoms with Gasteiger partial charge in [-0.15, -0.1) is 0 Å². The van der Waals surface area contributed by atoms with E-state index in [9.17, 15) is 14.9 Å². The fourth-order valence-corrected chi connectivity index (χ4v) is 4.12. The van der Waals surface area contributed by atoms with Crippen molar-refractivity contribution in [1.82, 2.24) is 15.4 Å². The van der Waals surface area contributed by atoms with Gasteiger partial charge in [-0.05, 0) is 30.5 Å². The number of nitrogens with one attached hydrogen (secondary N) is 1. The van der Waals surface area contributed by atoms with E-state index in [1.54, 1.807) is 6.07 Å². The maximum atomic E-state index is 12.9. The lowest BCUT2D eigenvalue weighted by atomic mass is 9.76. The summed E-state index contributed by atoms with van der Waals surface area (Å²) in [4.78, 5) is 29.7. The van der Waals surface area contributed by atoms with E-state index in [-0.39, 0.29) is 27.9 Å². The molecule has 1 atom stereocenters. The normalized spacial score (nSPS) is 18.7. The van der Waals surface area contributed by atoms with Crippen molar-refractivity contribution >= 4 is 23.3 Å². The summed E-state index contributed by atoms with van der Waals surface area (Å²) in [5, 5.41) is 11.3. The SMILES string of the molecule is N#CC1=C(N)N(NC(=O)c2cccnc2Cl)C2=C(C(=O)CCC2)C1c1ccccc1. The average molecular weight is 420 g/mol. The molecule has 1 unspecified atom stereocenters. The van der Waals surface area contributed by atoms with Crippen molar-refractivity contribution in [3.63, 3.8) is 0 Å². The summed E-state index contributed by atoms with van der Waals surface area (Å²) in [6, 6.07) is 14.6. The maximum absolute atomic E-state index is 12.9. The molecule has 4 rings (SSSR count). The summed E-state index contributed by atoms with van der Waals surface area (Å²) in [7, 11) is 0. The summed E-state index contributed by atoms with van der Waals surface area (Å²) in [5.41, 5.74) is 11.3. The molecule has 3 N–H and O–H groups in total. The number of Topliss-reactive ketones (excluding diaryl/α,β-unsaturated/α-hetero) is 1. The summed E-state index contributed by atoms with van der Waals surface area (Å²) in [6.45, 7) is 0. The molecule has 7 nitrogen and oxygen atoms in total. The fourth-order valence-electron chi connectivity index (χ4n) is 3.91. The summed E-state index contributed by atoms with van der Waals surface area (Å²) < 4.78 is 0. The maximum Gasteiger partial charge on any atom is 0.273 e. The third kappa shape index (κ3) is 3.31. The number of ketones is 1. The second kappa shape index (κ2) is 8.01. The fraction of sp³-hybridized carbons (Fsp3) is 0.182. The van der Waals surface area contributed by atoms with Crippen LogP contribution >= 0.6 is 11.6 Å². The number of amides is 1. The van der Waals surface area contributed by atoms with Crippen molar-refractivity contribution in [1.29, 1.82) is 5.26 Å². The zero-order valence-electron chi connectivity index (χ0n) is 15.9. The molecule has 0 saturated carbocycles. The highest BCUT2D eigenvalue weighted by Gasteiger charge is 2.40. The van der Waals surface area contributed by atoms with Gasteiger partial charge < -0.3 is 5.73 Å². The minimum atomic E-state index is -0.561. The van der Waals surface area contributed by atoms with Crippen LogP contribution in [0, 0.1) is 11.3 Å². The molecule has 2 heterocycles. The van der Waals surface area contributed by atoms with Gasteiger partial charge in [-0.2, -0.15) is 5.26 Å². The number of carbonyl (C=O) groups excluding carboxylic acids is 2. The van der Waals surface area contributed by atoms with Gasteiger partial charge in [0.25, 0.3) is 5.91 Å². The lowest BCUT2D eigenvalue weighted by Gasteiger charge is -2.39. The van der Waals surface area contributed by atoms with Crippen LogP contribution in [0.15, 0.2) is 71.3 Å². The van der Waals surface area contributed by atoms with Gasteiger partial charge >= 0.3 is 0 Å². The Balaban J connectivity index is 1.82. The number of hydrogen-bond acceptors (Lipinski definition) is 6. The minimum Gasteiger partial charge on any atom is -0.383 e. The van der Waals surface area contributed by atoms with Gasteiger partial charge in [-0.25, -0.2) is 9.99 Å². The van der Waals surface area contributed by atoms with Crippen LogP contribution in [0.4, 0.5) is 0 Å². The molecular formula is C22H18ClN5O2. The second-order valence-corrected chi connectivity index (χ2v) is 7.37. The lowest BCUT2D eigenvalue weighted by molar-refractivity contribution is -0.116. The van der Waals surface area contributed by atoms with Crippen molar-refractivity contribution in [3.05, 3.63) is 87.6 Å². The highest BCUT2D eigenvalue weighted by molar-refractivity contribution is 6.32. The van der Waals surface area contributed by atoms with Gasteiger partial charge in [0.2, 0.25) is 0 Å². The van der Waals surface area contributed by atoms with E-state index in [1.807, 2.05) is 30.3 Å². The van der Waals surface area contributed by atoms with Crippen molar-refractivity contribution in [2.45, 2.75) is 25.2 Å². The molecule has 1 aliphatic heterocycles. The van der Waals surface area contributed by atoms with Gasteiger partial charge in [-0.3, -0.25) is 15.0 Å². The van der Waals surface area contributed by atoms with Crippen molar-refractivity contribution in [2.75, 3.05) is 0 Å². The van der Waals surface area contributed by atoms with E-state index in [1.165, 1.54) is 17.3 Å². The molecule has 1 aromatic heterocycles. The van der Waals surface area contributed by atoms with E-state index in [0.29, 0.717) is 30.5 Å². The Labute approximate surface area is 178 Å². The third-order valence-corrected chi connectivity index (χ3v) is 5.56. The van der Waals surface area contributed by atoms with E-state index in [2.05, 4.69) is 16.5 Å². The first-order valence-corrected chi connectivity index (χ1v) is 9.83. The number of pyridine rings is 1. The first-order chi connectivity index (χ1) is 14.5. The molecule has 1 aromatic carbocycles. The van der Waals surface area contributed by atoms with Crippen LogP contribution in [-0.4, -0.2) is 21.7 Å². The predicted octanol–water partition coefficient (Wildman–Crippen LogP) is 3.18. The molecule has 0 spiro atoms. The van der Waals surface area contributed by atoms with E-state index in [0.717, 1.165) is 5.56 Å². The van der Waals surface area contributed by atoms with Gasteiger partial charge in [0, 0.05) is 23.9 Å². The number of hydrazine groups is 1.